The molecule has 0 unspecified atom stereocenters. The van der Waals surface area contributed by atoms with Crippen molar-refractivity contribution in [2.75, 3.05) is 18.4 Å². The van der Waals surface area contributed by atoms with Crippen LogP contribution in [0.1, 0.15) is 32.6 Å². The van der Waals surface area contributed by atoms with E-state index in [0.717, 1.165) is 37.4 Å². The SMILES string of the molecule is CC(C)Oc1ccc(NC(=O)C2CCN(Cc3nc(-c4ccc(Cl)cc4Cl)no3)CC2)cc1. The van der Waals surface area contributed by atoms with Crippen molar-refractivity contribution in [1.29, 1.82) is 0 Å². The molecule has 0 spiro atoms. The minimum absolute atomic E-state index is 0.0287. The number of hydrogen-bond acceptors (Lipinski definition) is 6. The summed E-state index contributed by atoms with van der Waals surface area (Å²) in [5.41, 5.74) is 1.45. The molecule has 4 rings (SSSR count). The number of nitrogens with one attached hydrogen (secondary N) is 1. The number of amides is 1. The summed E-state index contributed by atoms with van der Waals surface area (Å²) in [6.45, 7) is 6.05. The van der Waals surface area contributed by atoms with Crippen LogP contribution in [0.15, 0.2) is 47.0 Å². The Bertz CT molecular complexity index is 1090. The van der Waals surface area contributed by atoms with Gasteiger partial charge in [0.25, 0.3) is 0 Å². The Kier molecular flexibility index (Phi) is 7.53. The van der Waals surface area contributed by atoms with Crippen molar-refractivity contribution in [3.63, 3.8) is 0 Å². The van der Waals surface area contributed by atoms with Gasteiger partial charge in [0.05, 0.1) is 17.7 Å². The Morgan fingerprint density at radius 2 is 1.91 bits per heavy atom. The molecule has 2 heterocycles. The monoisotopic (exact) mass is 488 g/mol. The fourth-order valence-electron chi connectivity index (χ4n) is 3.78. The first-order valence-electron chi connectivity index (χ1n) is 11.0. The predicted molar refractivity (Wildman–Crippen MR) is 129 cm³/mol. The van der Waals surface area contributed by atoms with Gasteiger partial charge in [0.2, 0.25) is 17.6 Å². The molecular weight excluding hydrogens is 463 g/mol. The third kappa shape index (κ3) is 6.25. The van der Waals surface area contributed by atoms with Gasteiger partial charge in [0.1, 0.15) is 5.75 Å². The quantitative estimate of drug-likeness (QED) is 0.460. The van der Waals surface area contributed by atoms with Crippen molar-refractivity contribution in [2.45, 2.75) is 39.3 Å². The van der Waals surface area contributed by atoms with Crippen LogP contribution in [-0.2, 0) is 11.3 Å². The smallest absolute Gasteiger partial charge is 0.241 e. The summed E-state index contributed by atoms with van der Waals surface area (Å²) >= 11 is 12.2. The molecule has 9 heteroatoms. The van der Waals surface area contributed by atoms with E-state index in [1.54, 1.807) is 18.2 Å². The van der Waals surface area contributed by atoms with Gasteiger partial charge in [-0.25, -0.2) is 0 Å². The number of piperidine rings is 1. The number of halogens is 2. The summed E-state index contributed by atoms with van der Waals surface area (Å²) in [6, 6.07) is 12.6. The topological polar surface area (TPSA) is 80.5 Å². The summed E-state index contributed by atoms with van der Waals surface area (Å²) in [7, 11) is 0. The highest BCUT2D eigenvalue weighted by molar-refractivity contribution is 6.36. The standard InChI is InChI=1S/C24H26Cl2N4O3/c1-15(2)32-19-6-4-18(5-7-19)27-24(31)16-9-11-30(12-10-16)14-22-28-23(29-33-22)20-8-3-17(25)13-21(20)26/h3-8,13,15-16H,9-12,14H2,1-2H3,(H,27,31). The van der Waals surface area contributed by atoms with Crippen LogP contribution in [0.3, 0.4) is 0 Å². The lowest BCUT2D eigenvalue weighted by Gasteiger charge is -2.30. The molecule has 7 nitrogen and oxygen atoms in total. The number of hydrogen-bond donors (Lipinski definition) is 1. The average molecular weight is 489 g/mol. The summed E-state index contributed by atoms with van der Waals surface area (Å²) in [6.07, 6.45) is 1.65. The second-order valence-electron chi connectivity index (χ2n) is 8.37. The Labute approximate surface area is 203 Å². The van der Waals surface area contributed by atoms with Crippen molar-refractivity contribution in [3.8, 4) is 17.1 Å². The van der Waals surface area contributed by atoms with E-state index in [9.17, 15) is 4.79 Å². The highest BCUT2D eigenvalue weighted by Gasteiger charge is 2.26. The average Bonchev–Trinajstić information content (AvgIpc) is 3.23. The lowest BCUT2D eigenvalue weighted by Crippen LogP contribution is -2.37. The normalized spacial score (nSPS) is 15.1. The Morgan fingerprint density at radius 1 is 1.18 bits per heavy atom. The maximum atomic E-state index is 12.7. The molecule has 2 aromatic carbocycles. The molecule has 0 atom stereocenters. The van der Waals surface area contributed by atoms with Crippen molar-refractivity contribution in [2.24, 2.45) is 5.92 Å². The van der Waals surface area contributed by atoms with Crippen LogP contribution in [0.25, 0.3) is 11.4 Å². The summed E-state index contributed by atoms with van der Waals surface area (Å²) in [5.74, 6) is 1.76. The molecule has 0 bridgehead atoms. The first-order valence-corrected chi connectivity index (χ1v) is 11.7. The number of likely N-dealkylation sites (tertiary alicyclic amines) is 1. The number of rotatable bonds is 7. The van der Waals surface area contributed by atoms with Gasteiger partial charge < -0.3 is 14.6 Å². The summed E-state index contributed by atoms with van der Waals surface area (Å²) in [4.78, 5) is 19.4. The third-order valence-corrected chi connectivity index (χ3v) is 6.00. The first kappa shape index (κ1) is 23.5. The number of nitrogens with zero attached hydrogens (tertiary/aromatic N) is 3. The summed E-state index contributed by atoms with van der Waals surface area (Å²) in [5, 5.41) is 8.08. The fraction of sp³-hybridized carbons (Fsp3) is 0.375. The van der Waals surface area contributed by atoms with E-state index in [1.165, 1.54) is 0 Å². The molecule has 1 fully saturated rings. The molecule has 1 saturated heterocycles. The molecule has 33 heavy (non-hydrogen) atoms. The first-order chi connectivity index (χ1) is 15.9. The third-order valence-electron chi connectivity index (χ3n) is 5.45. The number of carbonyl (C=O) groups is 1. The van der Waals surface area contributed by atoms with Gasteiger partial charge in [-0.1, -0.05) is 28.4 Å². The Morgan fingerprint density at radius 3 is 2.58 bits per heavy atom. The molecule has 0 aliphatic carbocycles. The second-order valence-corrected chi connectivity index (χ2v) is 9.21. The molecule has 3 aromatic rings. The number of aromatic nitrogens is 2. The maximum absolute atomic E-state index is 12.7. The molecule has 1 N–H and O–H groups in total. The van der Waals surface area contributed by atoms with Crippen molar-refractivity contribution in [1.82, 2.24) is 15.0 Å². The van der Waals surface area contributed by atoms with Gasteiger partial charge in [-0.05, 0) is 82.2 Å². The lowest BCUT2D eigenvalue weighted by molar-refractivity contribution is -0.121. The van der Waals surface area contributed by atoms with E-state index in [2.05, 4.69) is 20.4 Å². The lowest BCUT2D eigenvalue weighted by atomic mass is 9.96. The largest absolute Gasteiger partial charge is 0.491 e. The number of ether oxygens (including phenoxy) is 1. The van der Waals surface area contributed by atoms with Gasteiger partial charge >= 0.3 is 0 Å². The molecule has 174 valence electrons. The van der Waals surface area contributed by atoms with Crippen LogP contribution < -0.4 is 10.1 Å². The van der Waals surface area contributed by atoms with Crippen LogP contribution in [0, 0.1) is 5.92 Å². The Balaban J connectivity index is 1.27. The van der Waals surface area contributed by atoms with Gasteiger partial charge in [-0.2, -0.15) is 4.98 Å². The van der Waals surface area contributed by atoms with Crippen molar-refractivity contribution >= 4 is 34.8 Å². The number of benzene rings is 2. The van der Waals surface area contributed by atoms with Crippen LogP contribution in [0.4, 0.5) is 5.69 Å². The van der Waals surface area contributed by atoms with Crippen LogP contribution in [0.2, 0.25) is 10.0 Å². The highest BCUT2D eigenvalue weighted by atomic mass is 35.5. The van der Waals surface area contributed by atoms with E-state index in [4.69, 9.17) is 32.5 Å². The van der Waals surface area contributed by atoms with Crippen LogP contribution in [0.5, 0.6) is 5.75 Å². The molecule has 0 saturated carbocycles. The van der Waals surface area contributed by atoms with Gasteiger partial charge in [-0.15, -0.1) is 0 Å². The zero-order chi connectivity index (χ0) is 23.4. The van der Waals surface area contributed by atoms with Gasteiger partial charge in [0, 0.05) is 22.2 Å². The van der Waals surface area contributed by atoms with Crippen LogP contribution >= 0.6 is 23.2 Å². The highest BCUT2D eigenvalue weighted by Crippen LogP contribution is 2.29. The predicted octanol–water partition coefficient (Wildman–Crippen LogP) is 5.68. The van der Waals surface area contributed by atoms with E-state index >= 15 is 0 Å². The Hall–Kier alpha value is -2.61. The van der Waals surface area contributed by atoms with Crippen LogP contribution in [-0.4, -0.2) is 40.1 Å². The zero-order valence-corrected chi connectivity index (χ0v) is 20.1. The van der Waals surface area contributed by atoms with Crippen molar-refractivity contribution in [3.05, 3.63) is 58.4 Å². The number of anilines is 1. The molecule has 1 amide bonds. The van der Waals surface area contributed by atoms with Gasteiger partial charge in [0.15, 0.2) is 0 Å². The molecule has 0 radical (unpaired) electrons. The van der Waals surface area contributed by atoms with E-state index in [-0.39, 0.29) is 17.9 Å². The van der Waals surface area contributed by atoms with Crippen molar-refractivity contribution < 1.29 is 14.1 Å². The molecular formula is C24H26Cl2N4O3. The minimum Gasteiger partial charge on any atom is -0.491 e. The second kappa shape index (κ2) is 10.5. The molecule has 1 aromatic heterocycles. The fourth-order valence-corrected chi connectivity index (χ4v) is 4.27. The van der Waals surface area contributed by atoms with E-state index < -0.39 is 0 Å². The van der Waals surface area contributed by atoms with E-state index in [1.807, 2.05) is 38.1 Å². The maximum Gasteiger partial charge on any atom is 0.241 e. The number of carbonyl (C=O) groups excluding carboxylic acids is 1. The van der Waals surface area contributed by atoms with E-state index in [0.29, 0.717) is 33.9 Å². The summed E-state index contributed by atoms with van der Waals surface area (Å²) < 4.78 is 11.1. The minimum atomic E-state index is -0.0287. The van der Waals surface area contributed by atoms with Gasteiger partial charge in [-0.3, -0.25) is 9.69 Å². The zero-order valence-electron chi connectivity index (χ0n) is 18.6. The molecule has 1 aliphatic rings. The molecule has 1 aliphatic heterocycles.